The van der Waals surface area contributed by atoms with Crippen LogP contribution >= 0.6 is 0 Å². The summed E-state index contributed by atoms with van der Waals surface area (Å²) in [5.41, 5.74) is 3.65. The van der Waals surface area contributed by atoms with E-state index >= 15 is 0 Å². The Morgan fingerprint density at radius 1 is 0.591 bits per heavy atom. The van der Waals surface area contributed by atoms with Crippen molar-refractivity contribution in [3.8, 4) is 0 Å². The number of hydrogen-bond donors (Lipinski definition) is 2. The molecule has 1 aliphatic rings. The molecule has 0 fully saturated rings. The summed E-state index contributed by atoms with van der Waals surface area (Å²) in [7, 11) is 0. The van der Waals surface area contributed by atoms with Crippen LogP contribution in [-0.4, -0.2) is 12.4 Å². The highest BCUT2D eigenvalue weighted by molar-refractivity contribution is 5.82. The number of fused-ring (bicyclic) bond motifs is 2. The summed E-state index contributed by atoms with van der Waals surface area (Å²) in [5.74, 6) is 0. The molecule has 0 saturated carbocycles. The second-order valence-corrected chi connectivity index (χ2v) is 4.60. The number of nitrogens with zero attached hydrogens (tertiary/aromatic N) is 2. The molecule has 0 amide bonds. The summed E-state index contributed by atoms with van der Waals surface area (Å²) in [5, 5.41) is 6.43. The van der Waals surface area contributed by atoms with Crippen LogP contribution in [0.15, 0.2) is 83.1 Å². The molecular weight excluding hydrogens is 272 g/mol. The van der Waals surface area contributed by atoms with Crippen LogP contribution < -0.4 is 10.6 Å². The molecule has 0 unspecified atom stereocenters. The van der Waals surface area contributed by atoms with E-state index < -0.39 is 0 Å². The second-order valence-electron chi connectivity index (χ2n) is 4.60. The molecular formula is C18H16N4. The topological polar surface area (TPSA) is 48.8 Å². The molecule has 0 spiro atoms. The van der Waals surface area contributed by atoms with Crippen molar-refractivity contribution in [2.24, 2.45) is 9.98 Å². The Kier molecular flexibility index (Phi) is 4.42. The molecule has 0 aliphatic carbocycles. The first-order valence-corrected chi connectivity index (χ1v) is 7.03. The lowest BCUT2D eigenvalue weighted by Crippen LogP contribution is -1.90. The minimum atomic E-state index is 0.881. The van der Waals surface area contributed by atoms with E-state index in [1.165, 1.54) is 0 Å². The minimum absolute atomic E-state index is 0.881. The summed E-state index contributed by atoms with van der Waals surface area (Å²) < 4.78 is 0. The lowest BCUT2D eigenvalue weighted by atomic mass is 10.2. The standard InChI is InChI=1S/C18H16N4/c1-2-8-16-15(7-1)19-11-5-13-21-17-9-3-4-10-18(17)22-14-6-12-20-16/h1-14,19,22H. The van der Waals surface area contributed by atoms with Crippen LogP contribution in [0.3, 0.4) is 0 Å². The SMILES string of the molecule is C1=CNc2ccccc2N=CC=CNc2ccccc2N=C1. The summed E-state index contributed by atoms with van der Waals surface area (Å²) >= 11 is 0. The van der Waals surface area contributed by atoms with Crippen molar-refractivity contribution in [1.29, 1.82) is 0 Å². The summed E-state index contributed by atoms with van der Waals surface area (Å²) in [6.07, 6.45) is 10.9. The Balaban J connectivity index is 1.92. The fraction of sp³-hybridized carbons (Fsp3) is 0. The highest BCUT2D eigenvalue weighted by Gasteiger charge is 1.97. The Morgan fingerprint density at radius 2 is 1.05 bits per heavy atom. The summed E-state index contributed by atoms with van der Waals surface area (Å²) in [4.78, 5) is 8.90. The third kappa shape index (κ3) is 3.49. The molecule has 3 rings (SSSR count). The van der Waals surface area contributed by atoms with E-state index in [0.29, 0.717) is 0 Å². The van der Waals surface area contributed by atoms with E-state index in [1.807, 2.05) is 73.1 Å². The first-order valence-electron chi connectivity index (χ1n) is 7.03. The van der Waals surface area contributed by atoms with Gasteiger partial charge < -0.3 is 10.6 Å². The first-order chi connectivity index (χ1) is 10.9. The van der Waals surface area contributed by atoms with Gasteiger partial charge in [-0.2, -0.15) is 0 Å². The molecule has 108 valence electrons. The van der Waals surface area contributed by atoms with Crippen molar-refractivity contribution in [3.05, 3.63) is 73.1 Å². The molecule has 2 N–H and O–H groups in total. The van der Waals surface area contributed by atoms with Crippen molar-refractivity contribution >= 4 is 35.2 Å². The fourth-order valence-electron chi connectivity index (χ4n) is 2.03. The predicted octanol–water partition coefficient (Wildman–Crippen LogP) is 4.66. The van der Waals surface area contributed by atoms with E-state index in [1.54, 1.807) is 12.4 Å². The molecule has 0 aromatic heterocycles. The van der Waals surface area contributed by atoms with Crippen LogP contribution in [0, 0.1) is 0 Å². The van der Waals surface area contributed by atoms with Crippen molar-refractivity contribution in [2.45, 2.75) is 0 Å². The maximum absolute atomic E-state index is 4.45. The zero-order chi connectivity index (χ0) is 15.0. The average Bonchev–Trinajstić information content (AvgIpc) is 2.56. The quantitative estimate of drug-likeness (QED) is 0.741. The Hall–Kier alpha value is -3.14. The Labute approximate surface area is 129 Å². The van der Waals surface area contributed by atoms with Gasteiger partial charge in [-0.3, -0.25) is 9.98 Å². The smallest absolute Gasteiger partial charge is 0.0864 e. The molecule has 1 heterocycles. The molecule has 1 aliphatic heterocycles. The number of hydrogen-bond acceptors (Lipinski definition) is 4. The largest absolute Gasteiger partial charge is 0.360 e. The zero-order valence-corrected chi connectivity index (χ0v) is 12.0. The molecule has 2 aromatic rings. The Bertz CT molecular complexity index is 692. The number of para-hydroxylation sites is 4. The first kappa shape index (κ1) is 13.8. The van der Waals surface area contributed by atoms with E-state index in [9.17, 15) is 0 Å². The predicted molar refractivity (Wildman–Crippen MR) is 94.7 cm³/mol. The number of aliphatic imine (C=N–C) groups is 2. The highest BCUT2D eigenvalue weighted by atomic mass is 14.9. The number of anilines is 2. The third-order valence-electron chi connectivity index (χ3n) is 3.08. The number of benzene rings is 2. The molecule has 4 nitrogen and oxygen atoms in total. The normalized spacial score (nSPS) is 13.5. The number of allylic oxidation sites excluding steroid dienone is 2. The molecule has 0 radical (unpaired) electrons. The highest BCUT2D eigenvalue weighted by Crippen LogP contribution is 2.25. The van der Waals surface area contributed by atoms with Crippen LogP contribution in [0.25, 0.3) is 0 Å². The van der Waals surface area contributed by atoms with Crippen LogP contribution in [0.2, 0.25) is 0 Å². The molecule has 22 heavy (non-hydrogen) atoms. The molecule has 0 atom stereocenters. The number of rotatable bonds is 0. The van der Waals surface area contributed by atoms with Gasteiger partial charge in [0.1, 0.15) is 0 Å². The monoisotopic (exact) mass is 288 g/mol. The number of nitrogens with one attached hydrogen (secondary N) is 2. The van der Waals surface area contributed by atoms with E-state index in [0.717, 1.165) is 22.7 Å². The second kappa shape index (κ2) is 7.04. The van der Waals surface area contributed by atoms with Crippen LogP contribution in [-0.2, 0) is 0 Å². The maximum Gasteiger partial charge on any atom is 0.0864 e. The summed E-state index contributed by atoms with van der Waals surface area (Å²) in [6.45, 7) is 0. The van der Waals surface area contributed by atoms with Crippen molar-refractivity contribution < 1.29 is 0 Å². The zero-order valence-electron chi connectivity index (χ0n) is 12.0. The van der Waals surface area contributed by atoms with Gasteiger partial charge in [-0.15, -0.1) is 0 Å². The lowest BCUT2D eigenvalue weighted by Gasteiger charge is -2.05. The van der Waals surface area contributed by atoms with E-state index in [4.69, 9.17) is 0 Å². The van der Waals surface area contributed by atoms with Crippen LogP contribution in [0.5, 0.6) is 0 Å². The minimum Gasteiger partial charge on any atom is -0.360 e. The fourth-order valence-corrected chi connectivity index (χ4v) is 2.03. The van der Waals surface area contributed by atoms with Crippen LogP contribution in [0.1, 0.15) is 0 Å². The summed E-state index contributed by atoms with van der Waals surface area (Å²) in [6, 6.07) is 15.8. The maximum atomic E-state index is 4.45. The lowest BCUT2D eigenvalue weighted by molar-refractivity contribution is 1.48. The van der Waals surface area contributed by atoms with Crippen molar-refractivity contribution in [3.63, 3.8) is 0 Å². The van der Waals surface area contributed by atoms with Gasteiger partial charge in [-0.05, 0) is 36.4 Å². The van der Waals surface area contributed by atoms with Gasteiger partial charge in [-0.1, -0.05) is 24.3 Å². The van der Waals surface area contributed by atoms with E-state index in [2.05, 4.69) is 20.6 Å². The van der Waals surface area contributed by atoms with Gasteiger partial charge in [0.15, 0.2) is 0 Å². The van der Waals surface area contributed by atoms with Gasteiger partial charge in [0, 0.05) is 24.8 Å². The molecule has 4 heteroatoms. The van der Waals surface area contributed by atoms with Gasteiger partial charge in [0.25, 0.3) is 0 Å². The van der Waals surface area contributed by atoms with Gasteiger partial charge in [0.05, 0.1) is 22.7 Å². The third-order valence-corrected chi connectivity index (χ3v) is 3.08. The Morgan fingerprint density at radius 3 is 1.55 bits per heavy atom. The van der Waals surface area contributed by atoms with Gasteiger partial charge >= 0.3 is 0 Å². The molecule has 2 aromatic carbocycles. The molecule has 0 saturated heterocycles. The molecule has 0 bridgehead atoms. The van der Waals surface area contributed by atoms with Gasteiger partial charge in [0.2, 0.25) is 0 Å². The van der Waals surface area contributed by atoms with Gasteiger partial charge in [-0.25, -0.2) is 0 Å². The van der Waals surface area contributed by atoms with Crippen molar-refractivity contribution in [1.82, 2.24) is 0 Å². The van der Waals surface area contributed by atoms with Crippen LogP contribution in [0.4, 0.5) is 22.7 Å². The van der Waals surface area contributed by atoms with E-state index in [-0.39, 0.29) is 0 Å². The van der Waals surface area contributed by atoms with Crippen molar-refractivity contribution in [2.75, 3.05) is 10.6 Å². The average molecular weight is 288 g/mol.